The molecule has 24 heavy (non-hydrogen) atoms. The van der Waals surface area contributed by atoms with Gasteiger partial charge in [-0.25, -0.2) is 0 Å². The fourth-order valence-corrected chi connectivity index (χ4v) is 3.58. The molecule has 0 saturated heterocycles. The van der Waals surface area contributed by atoms with Gasteiger partial charge in [-0.3, -0.25) is 4.79 Å². The minimum atomic E-state index is -4.45. The van der Waals surface area contributed by atoms with Gasteiger partial charge in [0.25, 0.3) is 5.91 Å². The van der Waals surface area contributed by atoms with E-state index in [4.69, 9.17) is 0 Å². The van der Waals surface area contributed by atoms with Gasteiger partial charge in [0.1, 0.15) is 11.0 Å². The molecule has 1 N–H and O–H groups in total. The normalized spacial score (nSPS) is 22.2. The van der Waals surface area contributed by atoms with Crippen molar-refractivity contribution in [3.05, 3.63) is 35.4 Å². The molecule has 0 aliphatic carbocycles. The first-order valence-electron chi connectivity index (χ1n) is 7.36. The number of nitrogens with zero attached hydrogens (tertiary/aromatic N) is 1. The average Bonchev–Trinajstić information content (AvgIpc) is 2.79. The summed E-state index contributed by atoms with van der Waals surface area (Å²) >= 11 is 1.15. The zero-order valence-corrected chi connectivity index (χ0v) is 14.0. The maximum atomic E-state index is 13.1. The van der Waals surface area contributed by atoms with Crippen LogP contribution in [0.1, 0.15) is 43.9 Å². The number of carbonyl (C=O) groups excluding carboxylic acids is 2. The van der Waals surface area contributed by atoms with Gasteiger partial charge in [0, 0.05) is 6.42 Å². The van der Waals surface area contributed by atoms with Crippen molar-refractivity contribution in [1.82, 2.24) is 5.32 Å². The van der Waals surface area contributed by atoms with E-state index in [0.29, 0.717) is 6.42 Å². The van der Waals surface area contributed by atoms with E-state index < -0.39 is 22.5 Å². The number of halogens is 3. The number of hydrogen-bond acceptors (Lipinski definition) is 4. The smallest absolute Gasteiger partial charge is 0.358 e. The largest absolute Gasteiger partial charge is 0.416 e. The zero-order valence-electron chi connectivity index (χ0n) is 13.2. The molecule has 1 unspecified atom stereocenters. The molecule has 1 aliphatic heterocycles. The summed E-state index contributed by atoms with van der Waals surface area (Å²) in [6.45, 7) is 3.26. The molecular weight excluding hydrogens is 341 g/mol. The van der Waals surface area contributed by atoms with Crippen molar-refractivity contribution in [1.29, 1.82) is 0 Å². The number of thioether (sulfide) groups is 1. The van der Waals surface area contributed by atoms with Crippen molar-refractivity contribution in [3.63, 3.8) is 0 Å². The molecule has 1 aromatic carbocycles. The molecule has 1 heterocycles. The van der Waals surface area contributed by atoms with E-state index in [-0.39, 0.29) is 23.1 Å². The van der Waals surface area contributed by atoms with Gasteiger partial charge in [-0.15, -0.1) is 0 Å². The summed E-state index contributed by atoms with van der Waals surface area (Å²) in [4.78, 5) is 26.4. The Labute approximate surface area is 141 Å². The molecule has 4 nitrogen and oxygen atoms in total. The highest BCUT2D eigenvalue weighted by molar-refractivity contribution is 8.16. The predicted octanol–water partition coefficient (Wildman–Crippen LogP) is 3.72. The lowest BCUT2D eigenvalue weighted by Crippen LogP contribution is -2.29. The quantitative estimate of drug-likeness (QED) is 0.815. The fourth-order valence-electron chi connectivity index (χ4n) is 2.44. The van der Waals surface area contributed by atoms with Crippen LogP contribution in [-0.4, -0.2) is 22.1 Å². The van der Waals surface area contributed by atoms with Crippen molar-refractivity contribution < 1.29 is 22.8 Å². The Morgan fingerprint density at radius 3 is 2.67 bits per heavy atom. The first-order valence-corrected chi connectivity index (χ1v) is 8.17. The molecule has 8 heteroatoms. The number of nitrogens with one attached hydrogen (secondary N) is 1. The second kappa shape index (κ2) is 6.96. The number of aldehydes is 1. The van der Waals surface area contributed by atoms with Crippen LogP contribution in [0.5, 0.6) is 0 Å². The molecule has 1 aromatic rings. The second-order valence-corrected chi connectivity index (χ2v) is 7.20. The van der Waals surface area contributed by atoms with Crippen LogP contribution in [0, 0.1) is 0 Å². The van der Waals surface area contributed by atoms with Crippen LogP contribution in [0.25, 0.3) is 0 Å². The third-order valence-electron chi connectivity index (χ3n) is 3.79. The minimum Gasteiger partial charge on any atom is -0.358 e. The maximum Gasteiger partial charge on any atom is 0.416 e. The number of amides is 1. The maximum absolute atomic E-state index is 13.1. The van der Waals surface area contributed by atoms with Crippen molar-refractivity contribution in [2.24, 2.45) is 4.99 Å². The predicted molar refractivity (Wildman–Crippen MR) is 86.7 cm³/mol. The van der Waals surface area contributed by atoms with E-state index in [9.17, 15) is 22.8 Å². The number of hydrogen-bond donors (Lipinski definition) is 1. The van der Waals surface area contributed by atoms with Crippen molar-refractivity contribution in [2.45, 2.75) is 43.7 Å². The monoisotopic (exact) mass is 358 g/mol. The molecule has 0 radical (unpaired) electrons. The summed E-state index contributed by atoms with van der Waals surface area (Å²) in [6.07, 6.45) is -3.16. The van der Waals surface area contributed by atoms with Crippen LogP contribution < -0.4 is 5.32 Å². The number of carbonyl (C=O) groups is 2. The molecule has 1 amide bonds. The second-order valence-electron chi connectivity index (χ2n) is 5.71. The first-order chi connectivity index (χ1) is 11.2. The van der Waals surface area contributed by atoms with Gasteiger partial charge < -0.3 is 10.1 Å². The Morgan fingerprint density at radius 1 is 1.38 bits per heavy atom. The van der Waals surface area contributed by atoms with Crippen molar-refractivity contribution >= 4 is 29.1 Å². The van der Waals surface area contributed by atoms with Crippen molar-refractivity contribution in [2.75, 3.05) is 0 Å². The molecule has 0 saturated carbocycles. The number of rotatable bonds is 5. The summed E-state index contributed by atoms with van der Waals surface area (Å²) in [5.41, 5.74) is -0.633. The Morgan fingerprint density at radius 2 is 2.04 bits per heavy atom. The van der Waals surface area contributed by atoms with Crippen LogP contribution in [0.2, 0.25) is 0 Å². The molecule has 2 rings (SSSR count). The molecule has 0 spiro atoms. The van der Waals surface area contributed by atoms with E-state index in [1.165, 1.54) is 18.2 Å². The number of aliphatic imine (C=N–C) groups is 1. The van der Waals surface area contributed by atoms with Gasteiger partial charge in [0.2, 0.25) is 0 Å². The Bertz CT molecular complexity index is 676. The number of benzene rings is 1. The summed E-state index contributed by atoms with van der Waals surface area (Å²) < 4.78 is 38.4. The highest BCUT2D eigenvalue weighted by Gasteiger charge is 2.41. The van der Waals surface area contributed by atoms with Crippen LogP contribution in [0.3, 0.4) is 0 Å². The van der Waals surface area contributed by atoms with Gasteiger partial charge in [0.05, 0.1) is 11.6 Å². The molecule has 130 valence electrons. The van der Waals surface area contributed by atoms with Crippen LogP contribution in [0.4, 0.5) is 13.2 Å². The molecular formula is C16H17F3N2O2S. The molecule has 0 aromatic heterocycles. The van der Waals surface area contributed by atoms with E-state index in [2.05, 4.69) is 10.3 Å². The zero-order chi connectivity index (χ0) is 18.0. The van der Waals surface area contributed by atoms with Gasteiger partial charge >= 0.3 is 6.18 Å². The number of alkyl halides is 3. The molecule has 2 atom stereocenters. The lowest BCUT2D eigenvalue weighted by molar-refractivity contribution is -0.138. The third-order valence-corrected chi connectivity index (χ3v) is 5.02. The van der Waals surface area contributed by atoms with Crippen LogP contribution in [-0.2, 0) is 15.8 Å². The molecule has 1 aliphatic rings. The minimum absolute atomic E-state index is 0.0854. The van der Waals surface area contributed by atoms with Crippen LogP contribution in [0.15, 0.2) is 29.3 Å². The van der Waals surface area contributed by atoms with Crippen molar-refractivity contribution in [3.8, 4) is 0 Å². The first kappa shape index (κ1) is 18.5. The average molecular weight is 358 g/mol. The molecule has 0 bridgehead atoms. The summed E-state index contributed by atoms with van der Waals surface area (Å²) in [7, 11) is 0. The van der Waals surface area contributed by atoms with Gasteiger partial charge in [-0.05, 0) is 31.9 Å². The van der Waals surface area contributed by atoms with E-state index >= 15 is 0 Å². The lowest BCUT2D eigenvalue weighted by atomic mass is 10.0. The summed E-state index contributed by atoms with van der Waals surface area (Å²) in [6, 6.07) is 4.62. The van der Waals surface area contributed by atoms with Gasteiger partial charge in [-0.2, -0.15) is 18.2 Å². The fraction of sp³-hybridized carbons (Fsp3) is 0.438. The summed E-state index contributed by atoms with van der Waals surface area (Å²) in [5, 5.41) is 3.15. The number of amidine groups is 1. The van der Waals surface area contributed by atoms with Crippen LogP contribution >= 0.6 is 11.8 Å². The Balaban J connectivity index is 2.15. The highest BCUT2D eigenvalue weighted by atomic mass is 32.2. The van der Waals surface area contributed by atoms with E-state index in [1.807, 2.05) is 0 Å². The van der Waals surface area contributed by atoms with E-state index in [0.717, 1.165) is 24.1 Å². The van der Waals surface area contributed by atoms with E-state index in [1.54, 1.807) is 13.8 Å². The van der Waals surface area contributed by atoms with Gasteiger partial charge in [0.15, 0.2) is 5.17 Å². The van der Waals surface area contributed by atoms with Gasteiger partial charge in [-0.1, -0.05) is 30.0 Å². The third kappa shape index (κ3) is 3.98. The standard InChI is InChI=1S/C16H17F3N2O2S/c1-10(11-6-3-4-7-12(11)16(17,18)19)20-14-21-13(23)15(2,24-14)8-5-9-22/h3-4,6-7,9-10H,5,8H2,1-2H3,(H,20,21,23)/t10-,15?/m0/s1. The topological polar surface area (TPSA) is 58.5 Å². The lowest BCUT2D eigenvalue weighted by Gasteiger charge is -2.22. The molecule has 0 fully saturated rings. The Kier molecular flexibility index (Phi) is 5.37. The Hall–Kier alpha value is -1.83. The SMILES string of the molecule is C[C@H](NC1=NC(=O)C(C)(CCC=O)S1)c1ccccc1C(F)(F)F. The highest BCUT2D eigenvalue weighted by Crippen LogP contribution is 2.38. The summed E-state index contributed by atoms with van der Waals surface area (Å²) in [5.74, 6) is -0.381.